The Morgan fingerprint density at radius 3 is 2.43 bits per heavy atom. The molecule has 0 saturated heterocycles. The van der Waals surface area contributed by atoms with Crippen LogP contribution in [0.5, 0.6) is 5.88 Å². The second-order valence-electron chi connectivity index (χ2n) is 6.62. The molecule has 3 aromatic rings. The average molecular weight is 400 g/mol. The molecule has 2 aromatic carbocycles. The van der Waals surface area contributed by atoms with Gasteiger partial charge in [0.2, 0.25) is 15.9 Å². The first-order chi connectivity index (χ1) is 13.5. The quantitative estimate of drug-likeness (QED) is 0.577. The highest BCUT2D eigenvalue weighted by molar-refractivity contribution is 7.89. The van der Waals surface area contributed by atoms with Gasteiger partial charge in [0.15, 0.2) is 0 Å². The number of hydrogen-bond acceptors (Lipinski definition) is 5. The molecule has 1 heterocycles. The molecule has 0 aliphatic rings. The van der Waals surface area contributed by atoms with Gasteiger partial charge in [0.05, 0.1) is 4.90 Å². The highest BCUT2D eigenvalue weighted by atomic mass is 32.2. The van der Waals surface area contributed by atoms with Crippen molar-refractivity contribution in [1.29, 1.82) is 0 Å². The Labute approximate surface area is 165 Å². The highest BCUT2D eigenvalue weighted by Gasteiger charge is 2.26. The van der Waals surface area contributed by atoms with E-state index in [9.17, 15) is 13.5 Å². The predicted molar refractivity (Wildman–Crippen MR) is 111 cm³/mol. The Bertz CT molecular complexity index is 1020. The van der Waals surface area contributed by atoms with E-state index in [2.05, 4.69) is 4.98 Å². The zero-order valence-corrected chi connectivity index (χ0v) is 16.5. The fourth-order valence-electron chi connectivity index (χ4n) is 3.25. The van der Waals surface area contributed by atoms with E-state index in [1.54, 1.807) is 24.3 Å². The van der Waals surface area contributed by atoms with Crippen molar-refractivity contribution in [3.8, 4) is 5.88 Å². The van der Waals surface area contributed by atoms with E-state index in [1.807, 2.05) is 30.3 Å². The number of aromatic hydroxyl groups is 1. The molecular weight excluding hydrogens is 374 g/mol. The molecular formula is C21H25N3O3S. The zero-order valence-electron chi connectivity index (χ0n) is 15.7. The van der Waals surface area contributed by atoms with Crippen LogP contribution in [-0.2, 0) is 16.4 Å². The zero-order chi connectivity index (χ0) is 20.0. The maximum atomic E-state index is 13.4. The van der Waals surface area contributed by atoms with Gasteiger partial charge < -0.3 is 10.8 Å². The molecule has 0 radical (unpaired) electrons. The van der Waals surface area contributed by atoms with E-state index in [0.717, 1.165) is 6.42 Å². The van der Waals surface area contributed by atoms with Crippen LogP contribution in [0.15, 0.2) is 65.7 Å². The van der Waals surface area contributed by atoms with Gasteiger partial charge >= 0.3 is 0 Å². The summed E-state index contributed by atoms with van der Waals surface area (Å²) in [5.74, 6) is -0.174. The highest BCUT2D eigenvalue weighted by Crippen LogP contribution is 2.29. The molecule has 28 heavy (non-hydrogen) atoms. The summed E-state index contributed by atoms with van der Waals surface area (Å²) in [5.41, 5.74) is 6.81. The third-order valence-corrected chi connectivity index (χ3v) is 6.65. The van der Waals surface area contributed by atoms with Gasteiger partial charge in [-0.25, -0.2) is 13.4 Å². The number of aryl methyl sites for hydroxylation is 1. The number of aromatic nitrogens is 1. The summed E-state index contributed by atoms with van der Waals surface area (Å²) in [4.78, 5) is 4.02. The van der Waals surface area contributed by atoms with Crippen molar-refractivity contribution in [2.45, 2.75) is 24.2 Å². The van der Waals surface area contributed by atoms with Gasteiger partial charge in [0, 0.05) is 30.1 Å². The van der Waals surface area contributed by atoms with Crippen molar-refractivity contribution < 1.29 is 13.5 Å². The summed E-state index contributed by atoms with van der Waals surface area (Å²) in [6.45, 7) is 1.19. The number of nitrogens with zero attached hydrogens (tertiary/aromatic N) is 2. The van der Waals surface area contributed by atoms with Crippen LogP contribution < -0.4 is 5.73 Å². The molecule has 0 spiro atoms. The van der Waals surface area contributed by atoms with Crippen molar-refractivity contribution >= 4 is 20.8 Å². The fraction of sp³-hybridized carbons (Fsp3) is 0.286. The number of benzene rings is 2. The van der Waals surface area contributed by atoms with Crippen molar-refractivity contribution in [1.82, 2.24) is 9.29 Å². The van der Waals surface area contributed by atoms with Gasteiger partial charge in [-0.1, -0.05) is 36.4 Å². The lowest BCUT2D eigenvalue weighted by atomic mass is 10.1. The van der Waals surface area contributed by atoms with Crippen molar-refractivity contribution in [3.05, 3.63) is 66.4 Å². The number of rotatable bonds is 9. The lowest BCUT2D eigenvalue weighted by Crippen LogP contribution is -2.34. The number of fused-ring (bicyclic) bond motifs is 1. The minimum atomic E-state index is -3.73. The summed E-state index contributed by atoms with van der Waals surface area (Å²) in [5, 5.41) is 10.9. The first kappa shape index (κ1) is 20.3. The van der Waals surface area contributed by atoms with Gasteiger partial charge in [-0.2, -0.15) is 4.31 Å². The maximum absolute atomic E-state index is 13.4. The van der Waals surface area contributed by atoms with Crippen LogP contribution in [-0.4, -0.2) is 42.4 Å². The van der Waals surface area contributed by atoms with Crippen LogP contribution in [0.25, 0.3) is 10.8 Å². The number of nitrogens with two attached hydrogens (primary N) is 1. The Balaban J connectivity index is 1.87. The van der Waals surface area contributed by atoms with Crippen LogP contribution in [0.3, 0.4) is 0 Å². The molecule has 0 bridgehead atoms. The molecule has 3 rings (SSSR count). The molecule has 148 valence electrons. The Hall–Kier alpha value is -2.48. The van der Waals surface area contributed by atoms with E-state index >= 15 is 0 Å². The first-order valence-corrected chi connectivity index (χ1v) is 10.8. The monoisotopic (exact) mass is 399 g/mol. The Morgan fingerprint density at radius 2 is 1.68 bits per heavy atom. The Morgan fingerprint density at radius 1 is 0.929 bits per heavy atom. The molecule has 0 atom stereocenters. The van der Waals surface area contributed by atoms with Gasteiger partial charge in [-0.05, 0) is 49.6 Å². The molecule has 0 saturated carbocycles. The predicted octanol–water partition coefficient (Wildman–Crippen LogP) is 2.91. The maximum Gasteiger partial charge on any atom is 0.243 e. The summed E-state index contributed by atoms with van der Waals surface area (Å²) in [7, 11) is -3.73. The van der Waals surface area contributed by atoms with Gasteiger partial charge in [0.25, 0.3) is 0 Å². The first-order valence-electron chi connectivity index (χ1n) is 9.35. The molecule has 1 aromatic heterocycles. The van der Waals surface area contributed by atoms with Crippen molar-refractivity contribution in [3.63, 3.8) is 0 Å². The lowest BCUT2D eigenvalue weighted by Gasteiger charge is -2.23. The van der Waals surface area contributed by atoms with E-state index in [4.69, 9.17) is 5.73 Å². The third-order valence-electron chi connectivity index (χ3n) is 4.69. The normalized spacial score (nSPS) is 11.9. The molecule has 0 aliphatic heterocycles. The van der Waals surface area contributed by atoms with Crippen LogP contribution >= 0.6 is 0 Å². The van der Waals surface area contributed by atoms with E-state index in [1.165, 1.54) is 16.1 Å². The lowest BCUT2D eigenvalue weighted by molar-refractivity contribution is 0.401. The summed E-state index contributed by atoms with van der Waals surface area (Å²) in [6, 6.07) is 16.5. The third kappa shape index (κ3) is 4.49. The summed E-state index contributed by atoms with van der Waals surface area (Å²) < 4.78 is 28.3. The second kappa shape index (κ2) is 9.14. The van der Waals surface area contributed by atoms with E-state index in [-0.39, 0.29) is 10.8 Å². The minimum Gasteiger partial charge on any atom is -0.493 e. The van der Waals surface area contributed by atoms with E-state index in [0.29, 0.717) is 43.2 Å². The topological polar surface area (TPSA) is 96.5 Å². The summed E-state index contributed by atoms with van der Waals surface area (Å²) in [6.07, 6.45) is 3.51. The molecule has 3 N–H and O–H groups in total. The average Bonchev–Trinajstić information content (AvgIpc) is 2.71. The van der Waals surface area contributed by atoms with Gasteiger partial charge in [-0.15, -0.1) is 0 Å². The standard InChI is InChI=1S/C21H25N3O3S/c22-13-6-16-24(15-5-9-17-7-2-1-3-8-17)28(26,27)20-11-4-10-19-18(20)12-14-23-21(19)25/h1-4,7-8,10-12,14H,5-6,9,13,15-16,22H2,(H,23,25). The van der Waals surface area contributed by atoms with Crippen LogP contribution in [0, 0.1) is 0 Å². The SMILES string of the molecule is NCCCN(CCCc1ccccc1)S(=O)(=O)c1cccc2c(O)nccc12. The summed E-state index contributed by atoms with van der Waals surface area (Å²) >= 11 is 0. The van der Waals surface area contributed by atoms with Crippen LogP contribution in [0.1, 0.15) is 18.4 Å². The van der Waals surface area contributed by atoms with E-state index < -0.39 is 10.0 Å². The van der Waals surface area contributed by atoms with Crippen molar-refractivity contribution in [2.24, 2.45) is 5.73 Å². The molecule has 7 heteroatoms. The Kier molecular flexibility index (Phi) is 6.61. The van der Waals surface area contributed by atoms with Crippen LogP contribution in [0.2, 0.25) is 0 Å². The molecule has 0 unspecified atom stereocenters. The molecule has 0 aliphatic carbocycles. The minimum absolute atomic E-state index is 0.174. The number of hydrogen-bond donors (Lipinski definition) is 2. The molecule has 0 amide bonds. The van der Waals surface area contributed by atoms with Gasteiger partial charge in [0.1, 0.15) is 0 Å². The second-order valence-corrected chi connectivity index (χ2v) is 8.53. The molecule has 6 nitrogen and oxygen atoms in total. The largest absolute Gasteiger partial charge is 0.493 e. The number of sulfonamides is 1. The number of pyridine rings is 1. The molecule has 0 fully saturated rings. The fourth-order valence-corrected chi connectivity index (χ4v) is 4.97. The van der Waals surface area contributed by atoms with Crippen molar-refractivity contribution in [2.75, 3.05) is 19.6 Å². The van der Waals surface area contributed by atoms with Crippen LogP contribution in [0.4, 0.5) is 0 Å². The van der Waals surface area contributed by atoms with Gasteiger partial charge in [-0.3, -0.25) is 0 Å². The smallest absolute Gasteiger partial charge is 0.243 e.